The Hall–Kier alpha value is -1.56. The van der Waals surface area contributed by atoms with Crippen LogP contribution < -0.4 is 0 Å². The summed E-state index contributed by atoms with van der Waals surface area (Å²) in [5.74, 6) is 0. The van der Waals surface area contributed by atoms with Gasteiger partial charge in [0.15, 0.2) is 0 Å². The normalized spacial score (nSPS) is 11.0. The third-order valence-corrected chi connectivity index (χ3v) is 5.11. The Bertz CT molecular complexity index is 637. The fourth-order valence-corrected chi connectivity index (χ4v) is 4.09. The van der Waals surface area contributed by atoms with Crippen LogP contribution in [0.5, 0.6) is 0 Å². The molecule has 0 aliphatic heterocycles. The Labute approximate surface area is 155 Å². The Morgan fingerprint density at radius 2 is 1.08 bits per heavy atom. The monoisotopic (exact) mass is 336 g/mol. The molecule has 0 heteroatoms. The predicted octanol–water partition coefficient (Wildman–Crippen LogP) is 7.09. The lowest BCUT2D eigenvalue weighted by molar-refractivity contribution is 0.792. The number of benzene rings is 2. The maximum absolute atomic E-state index is 2.56. The minimum atomic E-state index is 1.08. The quantitative estimate of drug-likeness (QED) is 0.434. The van der Waals surface area contributed by atoms with Crippen molar-refractivity contribution in [1.82, 2.24) is 0 Å². The molecule has 2 aromatic rings. The topological polar surface area (TPSA) is 0 Å². The van der Waals surface area contributed by atoms with Crippen LogP contribution >= 0.6 is 0 Å². The summed E-state index contributed by atoms with van der Waals surface area (Å²) < 4.78 is 0. The summed E-state index contributed by atoms with van der Waals surface area (Å²) in [6.07, 6.45) is 11.0. The Morgan fingerprint density at radius 3 is 1.64 bits per heavy atom. The van der Waals surface area contributed by atoms with Gasteiger partial charge in [0.1, 0.15) is 0 Å². The van der Waals surface area contributed by atoms with E-state index in [1.54, 1.807) is 27.8 Å². The highest BCUT2D eigenvalue weighted by Crippen LogP contribution is 2.30. The summed E-state index contributed by atoms with van der Waals surface area (Å²) in [5.41, 5.74) is 9.69. The summed E-state index contributed by atoms with van der Waals surface area (Å²) in [7, 11) is 0. The molecule has 0 N–H and O–H groups in total. The first-order valence-electron chi connectivity index (χ1n) is 10.4. The average molecular weight is 337 g/mol. The van der Waals surface area contributed by atoms with Gasteiger partial charge in [-0.05, 0) is 65.5 Å². The molecule has 2 rings (SSSR count). The van der Waals surface area contributed by atoms with Gasteiger partial charge in [0.2, 0.25) is 0 Å². The van der Waals surface area contributed by atoms with Gasteiger partial charge in [-0.25, -0.2) is 0 Å². The van der Waals surface area contributed by atoms with Crippen molar-refractivity contribution in [3.8, 4) is 0 Å². The molecule has 0 saturated carbocycles. The van der Waals surface area contributed by atoms with Crippen molar-refractivity contribution in [2.45, 2.75) is 85.5 Å². The van der Waals surface area contributed by atoms with Crippen molar-refractivity contribution in [2.24, 2.45) is 0 Å². The van der Waals surface area contributed by atoms with Crippen molar-refractivity contribution in [3.63, 3.8) is 0 Å². The van der Waals surface area contributed by atoms with Gasteiger partial charge in [-0.3, -0.25) is 0 Å². The van der Waals surface area contributed by atoms with E-state index in [4.69, 9.17) is 0 Å². The Kier molecular flexibility index (Phi) is 8.25. The highest BCUT2D eigenvalue weighted by atomic mass is 14.2. The first-order chi connectivity index (χ1) is 12.2. The first kappa shape index (κ1) is 19.8. The smallest absolute Gasteiger partial charge is 0.00228 e. The van der Waals surface area contributed by atoms with Gasteiger partial charge in [0.05, 0.1) is 0 Å². The summed E-state index contributed by atoms with van der Waals surface area (Å²) in [6.45, 7) is 9.28. The lowest BCUT2D eigenvalue weighted by atomic mass is 9.82. The fraction of sp³-hybridized carbons (Fsp3) is 0.520. The van der Waals surface area contributed by atoms with Crippen LogP contribution in [0.1, 0.15) is 86.8 Å². The molecule has 0 unspecified atom stereocenters. The minimum Gasteiger partial charge on any atom is -0.0651 e. The van der Waals surface area contributed by atoms with Crippen molar-refractivity contribution < 1.29 is 0 Å². The van der Waals surface area contributed by atoms with E-state index in [1.165, 1.54) is 56.9 Å². The number of hydrogen-bond donors (Lipinski definition) is 0. The molecule has 0 spiro atoms. The zero-order chi connectivity index (χ0) is 18.1. The van der Waals surface area contributed by atoms with Crippen LogP contribution in [0.15, 0.2) is 36.4 Å². The van der Waals surface area contributed by atoms with E-state index in [0.717, 1.165) is 6.42 Å². The van der Waals surface area contributed by atoms with Crippen LogP contribution in [-0.2, 0) is 32.1 Å². The van der Waals surface area contributed by atoms with Gasteiger partial charge in [-0.1, -0.05) is 89.8 Å². The van der Waals surface area contributed by atoms with Gasteiger partial charge >= 0.3 is 0 Å². The number of rotatable bonds is 10. The maximum Gasteiger partial charge on any atom is -0.00228 e. The van der Waals surface area contributed by atoms with Gasteiger partial charge in [-0.15, -0.1) is 0 Å². The zero-order valence-electron chi connectivity index (χ0n) is 16.8. The lowest BCUT2D eigenvalue weighted by Crippen LogP contribution is -2.10. The molecule has 0 saturated heterocycles. The average Bonchev–Trinajstić information content (AvgIpc) is 2.62. The standard InChI is InChI=1S/C25H36/c1-5-12-21-19-22(18-20-16-10-9-11-17-20)24(14-7-3)25(15-8-4)23(21)13-6-2/h9-11,16-17,19H,5-8,12-15,18H2,1-4H3. The van der Waals surface area contributed by atoms with Crippen molar-refractivity contribution >= 4 is 0 Å². The van der Waals surface area contributed by atoms with E-state index in [2.05, 4.69) is 64.1 Å². The molecule has 136 valence electrons. The van der Waals surface area contributed by atoms with E-state index in [9.17, 15) is 0 Å². The number of hydrogen-bond acceptors (Lipinski definition) is 0. The SMILES string of the molecule is CCCc1cc(Cc2ccccc2)c(CCC)c(CCC)c1CCC. The molecule has 2 aromatic carbocycles. The molecule has 0 aliphatic carbocycles. The molecule has 0 radical (unpaired) electrons. The van der Waals surface area contributed by atoms with E-state index < -0.39 is 0 Å². The van der Waals surface area contributed by atoms with E-state index in [1.807, 2.05) is 0 Å². The maximum atomic E-state index is 2.56. The van der Waals surface area contributed by atoms with Crippen LogP contribution in [0.4, 0.5) is 0 Å². The van der Waals surface area contributed by atoms with Gasteiger partial charge in [0.25, 0.3) is 0 Å². The first-order valence-corrected chi connectivity index (χ1v) is 10.4. The second-order valence-corrected chi connectivity index (χ2v) is 7.29. The molecule has 0 nitrogen and oxygen atoms in total. The van der Waals surface area contributed by atoms with Crippen LogP contribution in [0.25, 0.3) is 0 Å². The highest BCUT2D eigenvalue weighted by Gasteiger charge is 2.16. The van der Waals surface area contributed by atoms with Crippen LogP contribution in [-0.4, -0.2) is 0 Å². The van der Waals surface area contributed by atoms with Crippen molar-refractivity contribution in [1.29, 1.82) is 0 Å². The number of aryl methyl sites for hydroxylation is 1. The largest absolute Gasteiger partial charge is 0.0651 e. The van der Waals surface area contributed by atoms with Gasteiger partial charge in [-0.2, -0.15) is 0 Å². The minimum absolute atomic E-state index is 1.08. The van der Waals surface area contributed by atoms with E-state index in [0.29, 0.717) is 0 Å². The lowest BCUT2D eigenvalue weighted by Gasteiger charge is -2.23. The van der Waals surface area contributed by atoms with Gasteiger partial charge in [0, 0.05) is 0 Å². The zero-order valence-corrected chi connectivity index (χ0v) is 16.8. The van der Waals surface area contributed by atoms with Crippen molar-refractivity contribution in [2.75, 3.05) is 0 Å². The molecular formula is C25H36. The molecule has 0 atom stereocenters. The molecule has 0 bridgehead atoms. The summed E-state index contributed by atoms with van der Waals surface area (Å²) in [4.78, 5) is 0. The molecule has 25 heavy (non-hydrogen) atoms. The molecule has 0 heterocycles. The Balaban J connectivity index is 2.58. The second kappa shape index (κ2) is 10.4. The molecule has 0 aliphatic rings. The van der Waals surface area contributed by atoms with Crippen molar-refractivity contribution in [3.05, 3.63) is 69.8 Å². The fourth-order valence-electron chi connectivity index (χ4n) is 4.09. The summed E-state index contributed by atoms with van der Waals surface area (Å²) in [6, 6.07) is 13.6. The van der Waals surface area contributed by atoms with Gasteiger partial charge < -0.3 is 0 Å². The Morgan fingerprint density at radius 1 is 0.560 bits per heavy atom. The summed E-state index contributed by atoms with van der Waals surface area (Å²) >= 11 is 0. The third kappa shape index (κ3) is 5.21. The van der Waals surface area contributed by atoms with E-state index >= 15 is 0 Å². The summed E-state index contributed by atoms with van der Waals surface area (Å²) in [5, 5.41) is 0. The van der Waals surface area contributed by atoms with E-state index in [-0.39, 0.29) is 0 Å². The van der Waals surface area contributed by atoms with Crippen LogP contribution in [0.3, 0.4) is 0 Å². The molecule has 0 fully saturated rings. The van der Waals surface area contributed by atoms with Crippen LogP contribution in [0.2, 0.25) is 0 Å². The predicted molar refractivity (Wildman–Crippen MR) is 112 cm³/mol. The molecule has 0 amide bonds. The van der Waals surface area contributed by atoms with Crippen LogP contribution in [0, 0.1) is 0 Å². The second-order valence-electron chi connectivity index (χ2n) is 7.29. The molecular weight excluding hydrogens is 300 g/mol. The highest BCUT2D eigenvalue weighted by molar-refractivity contribution is 5.48. The third-order valence-electron chi connectivity index (χ3n) is 5.11. The molecule has 0 aromatic heterocycles.